The summed E-state index contributed by atoms with van der Waals surface area (Å²) in [5, 5.41) is 26.2. The second kappa shape index (κ2) is 5.41. The summed E-state index contributed by atoms with van der Waals surface area (Å²) in [5.41, 5.74) is 2.80. The second-order valence-corrected chi connectivity index (χ2v) is 6.34. The molecule has 0 aliphatic heterocycles. The van der Waals surface area contributed by atoms with Crippen molar-refractivity contribution in [1.29, 1.82) is 0 Å². The molecule has 0 heterocycles. The Hall–Kier alpha value is -2.74. The molecule has 2 heteroatoms. The average Bonchev–Trinajstić information content (AvgIpc) is 2.61. The van der Waals surface area contributed by atoms with Crippen LogP contribution in [0.4, 0.5) is 0 Å². The summed E-state index contributed by atoms with van der Waals surface area (Å²) in [6, 6.07) is 16.3. The summed E-state index contributed by atoms with van der Waals surface area (Å²) in [7, 11) is 0. The largest absolute Gasteiger partial charge is 0.504 e. The standard InChI is InChI=1S/C22H20O2/c1-3-13-9-16-11-15-5-6-19-18(7-8-21(23)22(19)24)20(15)12-17(16)10-14(13)4-2/h5-12,23-24H,3-4H2,1-2H3. The van der Waals surface area contributed by atoms with E-state index in [0.29, 0.717) is 5.39 Å². The van der Waals surface area contributed by atoms with Crippen molar-refractivity contribution in [3.63, 3.8) is 0 Å². The van der Waals surface area contributed by atoms with Crippen LogP contribution in [-0.2, 0) is 12.8 Å². The topological polar surface area (TPSA) is 40.5 Å². The highest BCUT2D eigenvalue weighted by molar-refractivity contribution is 6.13. The number of hydrogen-bond acceptors (Lipinski definition) is 2. The van der Waals surface area contributed by atoms with Crippen LogP contribution in [0.25, 0.3) is 32.3 Å². The Labute approximate surface area is 141 Å². The van der Waals surface area contributed by atoms with Gasteiger partial charge in [-0.1, -0.05) is 32.0 Å². The van der Waals surface area contributed by atoms with E-state index in [4.69, 9.17) is 0 Å². The molecule has 0 spiro atoms. The maximum absolute atomic E-state index is 10.1. The molecule has 4 aromatic carbocycles. The van der Waals surface area contributed by atoms with Crippen molar-refractivity contribution in [2.75, 3.05) is 0 Å². The van der Waals surface area contributed by atoms with Crippen molar-refractivity contribution in [1.82, 2.24) is 0 Å². The van der Waals surface area contributed by atoms with Gasteiger partial charge < -0.3 is 10.2 Å². The number of aryl methyl sites for hydroxylation is 2. The summed E-state index contributed by atoms with van der Waals surface area (Å²) < 4.78 is 0. The molecule has 2 nitrogen and oxygen atoms in total. The summed E-state index contributed by atoms with van der Waals surface area (Å²) in [6.45, 7) is 4.39. The van der Waals surface area contributed by atoms with E-state index >= 15 is 0 Å². The predicted molar refractivity (Wildman–Crippen MR) is 101 cm³/mol. The maximum atomic E-state index is 10.1. The summed E-state index contributed by atoms with van der Waals surface area (Å²) >= 11 is 0. The highest BCUT2D eigenvalue weighted by Gasteiger charge is 2.10. The first kappa shape index (κ1) is 14.8. The van der Waals surface area contributed by atoms with E-state index in [9.17, 15) is 10.2 Å². The lowest BCUT2D eigenvalue weighted by atomic mass is 9.93. The van der Waals surface area contributed by atoms with E-state index in [1.165, 1.54) is 21.9 Å². The highest BCUT2D eigenvalue weighted by Crippen LogP contribution is 2.38. The van der Waals surface area contributed by atoms with Crippen molar-refractivity contribution in [3.8, 4) is 11.5 Å². The fourth-order valence-electron chi connectivity index (χ4n) is 3.66. The molecular formula is C22H20O2. The van der Waals surface area contributed by atoms with Crippen LogP contribution in [0.3, 0.4) is 0 Å². The zero-order valence-corrected chi connectivity index (χ0v) is 13.9. The summed E-state index contributed by atoms with van der Waals surface area (Å²) in [5.74, 6) is -0.131. The van der Waals surface area contributed by atoms with Gasteiger partial charge in [-0.2, -0.15) is 0 Å². The van der Waals surface area contributed by atoms with Crippen LogP contribution in [-0.4, -0.2) is 10.2 Å². The molecule has 24 heavy (non-hydrogen) atoms. The van der Waals surface area contributed by atoms with Gasteiger partial charge in [0.25, 0.3) is 0 Å². The first-order valence-electron chi connectivity index (χ1n) is 8.45. The first-order chi connectivity index (χ1) is 11.6. The minimum Gasteiger partial charge on any atom is -0.504 e. The van der Waals surface area contributed by atoms with Crippen LogP contribution < -0.4 is 0 Å². The van der Waals surface area contributed by atoms with Gasteiger partial charge in [0.2, 0.25) is 0 Å². The van der Waals surface area contributed by atoms with Crippen LogP contribution in [0.1, 0.15) is 25.0 Å². The lowest BCUT2D eigenvalue weighted by molar-refractivity contribution is 0.408. The first-order valence-corrected chi connectivity index (χ1v) is 8.45. The Morgan fingerprint density at radius 1 is 0.625 bits per heavy atom. The number of benzene rings is 4. The SMILES string of the molecule is CCc1cc2cc3ccc4c(O)c(O)ccc4c3cc2cc1CC. The van der Waals surface area contributed by atoms with Crippen molar-refractivity contribution >= 4 is 32.3 Å². The van der Waals surface area contributed by atoms with Crippen LogP contribution in [0.2, 0.25) is 0 Å². The van der Waals surface area contributed by atoms with Gasteiger partial charge >= 0.3 is 0 Å². The lowest BCUT2D eigenvalue weighted by Gasteiger charge is -2.12. The molecule has 0 saturated carbocycles. The van der Waals surface area contributed by atoms with Gasteiger partial charge in [-0.25, -0.2) is 0 Å². The Bertz CT molecular complexity index is 1090. The molecule has 120 valence electrons. The normalized spacial score (nSPS) is 11.6. The molecule has 0 aliphatic rings. The Balaban J connectivity index is 2.12. The van der Waals surface area contributed by atoms with Gasteiger partial charge in [-0.3, -0.25) is 0 Å². The molecule has 0 radical (unpaired) electrons. The number of fused-ring (bicyclic) bond motifs is 4. The third-order valence-corrected chi connectivity index (χ3v) is 5.00. The fraction of sp³-hybridized carbons (Fsp3) is 0.182. The van der Waals surface area contributed by atoms with Gasteiger partial charge in [0, 0.05) is 5.39 Å². The number of rotatable bonds is 2. The van der Waals surface area contributed by atoms with Gasteiger partial charge in [-0.15, -0.1) is 0 Å². The van der Waals surface area contributed by atoms with Crippen molar-refractivity contribution in [3.05, 3.63) is 59.7 Å². The lowest BCUT2D eigenvalue weighted by Crippen LogP contribution is -1.91. The van der Waals surface area contributed by atoms with Gasteiger partial charge in [0.05, 0.1) is 0 Å². The fourth-order valence-corrected chi connectivity index (χ4v) is 3.66. The summed E-state index contributed by atoms with van der Waals surface area (Å²) in [6.07, 6.45) is 2.07. The Kier molecular flexibility index (Phi) is 3.34. The van der Waals surface area contributed by atoms with E-state index in [1.807, 2.05) is 18.2 Å². The quantitative estimate of drug-likeness (QED) is 0.284. The summed E-state index contributed by atoms with van der Waals surface area (Å²) in [4.78, 5) is 0. The van der Waals surface area contributed by atoms with Gasteiger partial charge in [0.1, 0.15) is 0 Å². The molecule has 0 fully saturated rings. The molecule has 0 amide bonds. The van der Waals surface area contributed by atoms with E-state index in [-0.39, 0.29) is 11.5 Å². The van der Waals surface area contributed by atoms with Crippen LogP contribution >= 0.6 is 0 Å². The van der Waals surface area contributed by atoms with E-state index in [2.05, 4.69) is 38.1 Å². The Morgan fingerprint density at radius 3 is 1.92 bits per heavy atom. The molecular weight excluding hydrogens is 296 g/mol. The van der Waals surface area contributed by atoms with Crippen LogP contribution in [0, 0.1) is 0 Å². The minimum atomic E-state index is -0.0801. The molecule has 0 bridgehead atoms. The third-order valence-electron chi connectivity index (χ3n) is 5.00. The highest BCUT2D eigenvalue weighted by atomic mass is 16.3. The van der Waals surface area contributed by atoms with Crippen molar-refractivity contribution in [2.45, 2.75) is 26.7 Å². The number of phenolic OH excluding ortho intramolecular Hbond substituents is 2. The molecule has 2 N–H and O–H groups in total. The second-order valence-electron chi connectivity index (χ2n) is 6.34. The van der Waals surface area contributed by atoms with Crippen LogP contribution in [0.5, 0.6) is 11.5 Å². The zero-order chi connectivity index (χ0) is 16.8. The monoisotopic (exact) mass is 316 g/mol. The smallest absolute Gasteiger partial charge is 0.165 e. The number of aromatic hydroxyl groups is 2. The Morgan fingerprint density at radius 2 is 1.25 bits per heavy atom. The van der Waals surface area contributed by atoms with E-state index in [1.54, 1.807) is 6.07 Å². The number of phenols is 2. The van der Waals surface area contributed by atoms with Crippen LogP contribution in [0.15, 0.2) is 48.5 Å². The molecule has 0 saturated heterocycles. The zero-order valence-electron chi connectivity index (χ0n) is 13.9. The van der Waals surface area contributed by atoms with E-state index < -0.39 is 0 Å². The predicted octanol–water partition coefficient (Wildman–Crippen LogP) is 5.68. The molecule has 4 rings (SSSR count). The molecule has 0 atom stereocenters. The van der Waals surface area contributed by atoms with E-state index in [0.717, 1.165) is 29.0 Å². The maximum Gasteiger partial charge on any atom is 0.165 e. The molecule has 4 aromatic rings. The molecule has 0 aliphatic carbocycles. The number of hydrogen-bond donors (Lipinski definition) is 2. The molecule has 0 aromatic heterocycles. The van der Waals surface area contributed by atoms with Gasteiger partial charge in [0.15, 0.2) is 11.5 Å². The van der Waals surface area contributed by atoms with Gasteiger partial charge in [-0.05, 0) is 81.2 Å². The minimum absolute atomic E-state index is 0.0509. The molecule has 0 unspecified atom stereocenters. The van der Waals surface area contributed by atoms with Crippen molar-refractivity contribution in [2.24, 2.45) is 0 Å². The average molecular weight is 316 g/mol. The third kappa shape index (κ3) is 2.10. The van der Waals surface area contributed by atoms with Crippen molar-refractivity contribution < 1.29 is 10.2 Å².